The van der Waals surface area contributed by atoms with Crippen LogP contribution < -0.4 is 11.1 Å². The summed E-state index contributed by atoms with van der Waals surface area (Å²) in [6.07, 6.45) is 3.27. The fraction of sp³-hybridized carbons (Fsp3) is 0.333. The Bertz CT molecular complexity index is 586. The molecule has 2 aromatic heterocycles. The van der Waals surface area contributed by atoms with Crippen LogP contribution in [0.15, 0.2) is 12.4 Å². The van der Waals surface area contributed by atoms with Gasteiger partial charge in [0.1, 0.15) is 23.3 Å². The van der Waals surface area contributed by atoms with Gasteiger partial charge in [0.05, 0.1) is 6.61 Å². The SMILES string of the molecule is Cc1ncc(CNc2nc(C)ncc2CO)c(N)n1. The maximum atomic E-state index is 9.23. The molecule has 0 saturated heterocycles. The standard InChI is InChI=1S/C12H16N6O/c1-7-14-3-9(11(13)17-7)4-16-12-10(6-19)5-15-8(2)18-12/h3,5,19H,4,6H2,1-2H3,(H2,13,14,17)(H,15,16,18). The van der Waals surface area contributed by atoms with E-state index < -0.39 is 0 Å². The number of anilines is 2. The lowest BCUT2D eigenvalue weighted by Crippen LogP contribution is -2.10. The second kappa shape index (κ2) is 5.57. The molecule has 0 saturated carbocycles. The van der Waals surface area contributed by atoms with E-state index in [0.29, 0.717) is 35.4 Å². The van der Waals surface area contributed by atoms with Crippen molar-refractivity contribution in [2.24, 2.45) is 0 Å². The highest BCUT2D eigenvalue weighted by molar-refractivity contribution is 5.46. The maximum Gasteiger partial charge on any atom is 0.135 e. The van der Waals surface area contributed by atoms with Crippen molar-refractivity contribution in [2.45, 2.75) is 27.0 Å². The minimum Gasteiger partial charge on any atom is -0.391 e. The molecule has 100 valence electrons. The van der Waals surface area contributed by atoms with E-state index in [2.05, 4.69) is 25.3 Å². The molecule has 0 bridgehead atoms. The number of aromatic nitrogens is 4. The summed E-state index contributed by atoms with van der Waals surface area (Å²) in [7, 11) is 0. The van der Waals surface area contributed by atoms with Crippen molar-refractivity contribution in [2.75, 3.05) is 11.1 Å². The lowest BCUT2D eigenvalue weighted by atomic mass is 10.2. The van der Waals surface area contributed by atoms with Gasteiger partial charge in [0.2, 0.25) is 0 Å². The van der Waals surface area contributed by atoms with Crippen LogP contribution in [0.2, 0.25) is 0 Å². The molecule has 0 fully saturated rings. The average Bonchev–Trinajstić information content (AvgIpc) is 2.38. The van der Waals surface area contributed by atoms with Crippen molar-refractivity contribution in [1.29, 1.82) is 0 Å². The number of nitrogens with two attached hydrogens (primary N) is 1. The Morgan fingerprint density at radius 3 is 2.37 bits per heavy atom. The molecule has 0 radical (unpaired) electrons. The van der Waals surface area contributed by atoms with Crippen LogP contribution in [0, 0.1) is 13.8 Å². The lowest BCUT2D eigenvalue weighted by molar-refractivity contribution is 0.281. The molecule has 0 unspecified atom stereocenters. The Morgan fingerprint density at radius 2 is 1.74 bits per heavy atom. The Labute approximate surface area is 111 Å². The highest BCUT2D eigenvalue weighted by Gasteiger charge is 2.07. The topological polar surface area (TPSA) is 110 Å². The molecule has 4 N–H and O–H groups in total. The molecule has 0 aromatic carbocycles. The predicted molar refractivity (Wildman–Crippen MR) is 71.2 cm³/mol. The first-order valence-electron chi connectivity index (χ1n) is 5.85. The van der Waals surface area contributed by atoms with Crippen LogP contribution in [0.25, 0.3) is 0 Å². The van der Waals surface area contributed by atoms with Crippen LogP contribution in [-0.4, -0.2) is 25.0 Å². The Hall–Kier alpha value is -2.28. The van der Waals surface area contributed by atoms with Crippen LogP contribution in [0.3, 0.4) is 0 Å². The zero-order chi connectivity index (χ0) is 13.8. The monoisotopic (exact) mass is 260 g/mol. The van der Waals surface area contributed by atoms with Crippen molar-refractivity contribution in [3.8, 4) is 0 Å². The van der Waals surface area contributed by atoms with Crippen molar-refractivity contribution in [1.82, 2.24) is 19.9 Å². The number of aliphatic hydroxyl groups excluding tert-OH is 1. The zero-order valence-corrected chi connectivity index (χ0v) is 10.9. The summed E-state index contributed by atoms with van der Waals surface area (Å²) in [4.78, 5) is 16.5. The number of hydrogen-bond acceptors (Lipinski definition) is 7. The van der Waals surface area contributed by atoms with Crippen molar-refractivity contribution >= 4 is 11.6 Å². The molecule has 2 rings (SSSR count). The lowest BCUT2D eigenvalue weighted by Gasteiger charge is -2.10. The maximum absolute atomic E-state index is 9.23. The van der Waals surface area contributed by atoms with Gasteiger partial charge in [0, 0.05) is 30.1 Å². The fourth-order valence-electron chi connectivity index (χ4n) is 1.59. The zero-order valence-electron chi connectivity index (χ0n) is 10.9. The van der Waals surface area contributed by atoms with Gasteiger partial charge >= 0.3 is 0 Å². The number of aryl methyl sites for hydroxylation is 2. The van der Waals surface area contributed by atoms with Crippen molar-refractivity contribution in [3.05, 3.63) is 35.2 Å². The molecule has 0 spiro atoms. The number of nitrogen functional groups attached to an aromatic ring is 1. The smallest absolute Gasteiger partial charge is 0.135 e. The van der Waals surface area contributed by atoms with E-state index in [4.69, 9.17) is 5.73 Å². The number of nitrogens with one attached hydrogen (secondary N) is 1. The van der Waals surface area contributed by atoms with Gasteiger partial charge in [-0.1, -0.05) is 0 Å². The molecule has 0 atom stereocenters. The number of rotatable bonds is 4. The first-order valence-corrected chi connectivity index (χ1v) is 5.85. The van der Waals surface area contributed by atoms with Gasteiger partial charge in [-0.3, -0.25) is 0 Å². The second-order valence-corrected chi connectivity index (χ2v) is 4.13. The molecule has 0 aliphatic carbocycles. The molecule has 0 amide bonds. The highest BCUT2D eigenvalue weighted by Crippen LogP contribution is 2.14. The summed E-state index contributed by atoms with van der Waals surface area (Å²) in [5, 5.41) is 12.3. The summed E-state index contributed by atoms with van der Waals surface area (Å²) in [5.41, 5.74) is 7.23. The normalized spacial score (nSPS) is 10.5. The third-order valence-corrected chi connectivity index (χ3v) is 2.62. The summed E-state index contributed by atoms with van der Waals surface area (Å²) in [6.45, 7) is 3.89. The van der Waals surface area contributed by atoms with Crippen LogP contribution in [0.4, 0.5) is 11.6 Å². The Morgan fingerprint density at radius 1 is 1.11 bits per heavy atom. The van der Waals surface area contributed by atoms with Crippen molar-refractivity contribution < 1.29 is 5.11 Å². The first-order chi connectivity index (χ1) is 9.10. The van der Waals surface area contributed by atoms with Crippen LogP contribution in [0.5, 0.6) is 0 Å². The van der Waals surface area contributed by atoms with Gasteiger partial charge in [0.15, 0.2) is 0 Å². The van der Waals surface area contributed by atoms with Gasteiger partial charge in [-0.05, 0) is 13.8 Å². The summed E-state index contributed by atoms with van der Waals surface area (Å²) in [6, 6.07) is 0. The number of aliphatic hydroxyl groups is 1. The molecule has 2 aromatic rings. The van der Waals surface area contributed by atoms with Gasteiger partial charge < -0.3 is 16.2 Å². The number of nitrogens with zero attached hydrogens (tertiary/aromatic N) is 4. The molecule has 7 nitrogen and oxygen atoms in total. The van der Waals surface area contributed by atoms with E-state index in [0.717, 1.165) is 5.56 Å². The van der Waals surface area contributed by atoms with E-state index in [1.165, 1.54) is 0 Å². The minimum absolute atomic E-state index is 0.123. The third-order valence-electron chi connectivity index (χ3n) is 2.62. The van der Waals surface area contributed by atoms with Crippen molar-refractivity contribution in [3.63, 3.8) is 0 Å². The molecular formula is C12H16N6O. The predicted octanol–water partition coefficient (Wildman–Crippen LogP) is 0.570. The van der Waals surface area contributed by atoms with Crippen LogP contribution in [-0.2, 0) is 13.2 Å². The van der Waals surface area contributed by atoms with Gasteiger partial charge in [0.25, 0.3) is 0 Å². The van der Waals surface area contributed by atoms with Crippen LogP contribution in [0.1, 0.15) is 22.8 Å². The quantitative estimate of drug-likeness (QED) is 0.737. The summed E-state index contributed by atoms with van der Waals surface area (Å²) < 4.78 is 0. The van der Waals surface area contributed by atoms with E-state index in [1.54, 1.807) is 26.2 Å². The molecule has 7 heteroatoms. The Kier molecular flexibility index (Phi) is 3.86. The molecular weight excluding hydrogens is 244 g/mol. The number of hydrogen-bond donors (Lipinski definition) is 3. The first kappa shape index (κ1) is 13.2. The molecule has 19 heavy (non-hydrogen) atoms. The largest absolute Gasteiger partial charge is 0.391 e. The van der Waals surface area contributed by atoms with E-state index in [1.807, 2.05) is 0 Å². The van der Waals surface area contributed by atoms with Crippen LogP contribution >= 0.6 is 0 Å². The highest BCUT2D eigenvalue weighted by atomic mass is 16.3. The van der Waals surface area contributed by atoms with Gasteiger partial charge in [-0.15, -0.1) is 0 Å². The molecule has 0 aliphatic heterocycles. The average molecular weight is 260 g/mol. The molecule has 0 aliphatic rings. The summed E-state index contributed by atoms with van der Waals surface area (Å²) >= 11 is 0. The van der Waals surface area contributed by atoms with Gasteiger partial charge in [-0.25, -0.2) is 19.9 Å². The third kappa shape index (κ3) is 3.14. The Balaban J connectivity index is 2.16. The van der Waals surface area contributed by atoms with Gasteiger partial charge in [-0.2, -0.15) is 0 Å². The summed E-state index contributed by atoms with van der Waals surface area (Å²) in [5.74, 6) is 2.30. The second-order valence-electron chi connectivity index (χ2n) is 4.13. The fourth-order valence-corrected chi connectivity index (χ4v) is 1.59. The van der Waals surface area contributed by atoms with E-state index >= 15 is 0 Å². The van der Waals surface area contributed by atoms with E-state index in [9.17, 15) is 5.11 Å². The molecule has 2 heterocycles. The minimum atomic E-state index is -0.123. The van der Waals surface area contributed by atoms with E-state index in [-0.39, 0.29) is 6.61 Å².